The van der Waals surface area contributed by atoms with Gasteiger partial charge in [0.25, 0.3) is 5.56 Å². The molecular formula is C17H20N2O2S. The lowest BCUT2D eigenvalue weighted by Gasteiger charge is -2.29. The summed E-state index contributed by atoms with van der Waals surface area (Å²) in [6.45, 7) is 6.33. The Hall–Kier alpha value is -1.72. The predicted molar refractivity (Wildman–Crippen MR) is 88.9 cm³/mol. The van der Waals surface area contributed by atoms with Crippen molar-refractivity contribution < 1.29 is 4.74 Å². The lowest BCUT2D eigenvalue weighted by Crippen LogP contribution is -2.32. The fourth-order valence-electron chi connectivity index (χ4n) is 2.92. The number of aromatic nitrogens is 2. The van der Waals surface area contributed by atoms with Crippen LogP contribution in [0, 0.1) is 4.77 Å². The molecule has 0 bridgehead atoms. The quantitative estimate of drug-likeness (QED) is 0.832. The van der Waals surface area contributed by atoms with Gasteiger partial charge in [-0.15, -0.1) is 0 Å². The molecule has 1 aromatic carbocycles. The van der Waals surface area contributed by atoms with Crippen LogP contribution in [0.4, 0.5) is 0 Å². The smallest absolute Gasteiger partial charge is 0.258 e. The summed E-state index contributed by atoms with van der Waals surface area (Å²) in [4.78, 5) is 18.1. The molecule has 1 aromatic heterocycles. The first kappa shape index (κ1) is 15.2. The van der Waals surface area contributed by atoms with E-state index in [4.69, 9.17) is 17.0 Å². The lowest BCUT2D eigenvalue weighted by molar-refractivity contribution is 0.00493. The van der Waals surface area contributed by atoms with E-state index >= 15 is 0 Å². The summed E-state index contributed by atoms with van der Waals surface area (Å²) in [6, 6.07) is 8.29. The summed E-state index contributed by atoms with van der Waals surface area (Å²) in [5, 5.41) is 0. The van der Waals surface area contributed by atoms with Gasteiger partial charge in [-0.2, -0.15) is 0 Å². The molecule has 2 heterocycles. The summed E-state index contributed by atoms with van der Waals surface area (Å²) < 4.78 is 6.41. The average Bonchev–Trinajstić information content (AvgIpc) is 2.45. The predicted octanol–water partition coefficient (Wildman–Crippen LogP) is 3.61. The van der Waals surface area contributed by atoms with Crippen molar-refractivity contribution in [3.63, 3.8) is 0 Å². The van der Waals surface area contributed by atoms with Gasteiger partial charge in [-0.3, -0.25) is 9.78 Å². The van der Waals surface area contributed by atoms with Crippen molar-refractivity contribution in [1.29, 1.82) is 0 Å². The highest BCUT2D eigenvalue weighted by molar-refractivity contribution is 7.71. The summed E-state index contributed by atoms with van der Waals surface area (Å²) in [5.41, 5.74) is 3.63. The first-order chi connectivity index (χ1) is 10.5. The molecule has 2 N–H and O–H groups in total. The van der Waals surface area contributed by atoms with Crippen LogP contribution >= 0.6 is 12.2 Å². The van der Waals surface area contributed by atoms with Crippen molar-refractivity contribution >= 4 is 12.2 Å². The molecule has 1 aliphatic heterocycles. The van der Waals surface area contributed by atoms with Gasteiger partial charge in [-0.25, -0.2) is 0 Å². The van der Waals surface area contributed by atoms with E-state index < -0.39 is 0 Å². The third-order valence-electron chi connectivity index (χ3n) is 4.09. The Morgan fingerprint density at radius 1 is 1.23 bits per heavy atom. The Morgan fingerprint density at radius 2 is 1.91 bits per heavy atom. The number of hydrogen-bond acceptors (Lipinski definition) is 3. The molecule has 2 aromatic rings. The molecule has 2 unspecified atom stereocenters. The van der Waals surface area contributed by atoms with E-state index in [9.17, 15) is 4.79 Å². The van der Waals surface area contributed by atoms with Crippen LogP contribution in [0.2, 0.25) is 0 Å². The number of aromatic amines is 2. The Kier molecular flexibility index (Phi) is 4.02. The molecule has 1 aliphatic rings. The van der Waals surface area contributed by atoms with Gasteiger partial charge in [0.15, 0.2) is 4.77 Å². The van der Waals surface area contributed by atoms with Crippen LogP contribution < -0.4 is 5.56 Å². The van der Waals surface area contributed by atoms with Crippen molar-refractivity contribution in [2.75, 3.05) is 0 Å². The number of benzene rings is 1. The Bertz CT molecular complexity index is 790. The van der Waals surface area contributed by atoms with Crippen molar-refractivity contribution in [2.45, 2.75) is 45.3 Å². The summed E-state index contributed by atoms with van der Waals surface area (Å²) in [5.74, 6) is 0.479. The Morgan fingerprint density at radius 3 is 2.55 bits per heavy atom. The van der Waals surface area contributed by atoms with Gasteiger partial charge in [0.05, 0.1) is 11.7 Å². The summed E-state index contributed by atoms with van der Waals surface area (Å²) >= 11 is 5.07. The van der Waals surface area contributed by atoms with Crippen LogP contribution in [0.15, 0.2) is 29.1 Å². The van der Waals surface area contributed by atoms with Crippen molar-refractivity contribution in [1.82, 2.24) is 9.97 Å². The van der Waals surface area contributed by atoms with E-state index in [1.165, 1.54) is 5.56 Å². The van der Waals surface area contributed by atoms with Crippen LogP contribution in [0.3, 0.4) is 0 Å². The maximum atomic E-state index is 12.3. The molecular weight excluding hydrogens is 296 g/mol. The van der Waals surface area contributed by atoms with Crippen LogP contribution in [-0.2, 0) is 11.2 Å². The van der Waals surface area contributed by atoms with Crippen molar-refractivity contribution in [2.24, 2.45) is 0 Å². The van der Waals surface area contributed by atoms with Crippen LogP contribution in [-0.4, -0.2) is 16.1 Å². The highest BCUT2D eigenvalue weighted by atomic mass is 32.1. The lowest BCUT2D eigenvalue weighted by atomic mass is 9.93. The zero-order valence-corrected chi connectivity index (χ0v) is 13.8. The van der Waals surface area contributed by atoms with E-state index in [0.29, 0.717) is 22.7 Å². The van der Waals surface area contributed by atoms with Gasteiger partial charge in [0, 0.05) is 12.1 Å². The molecule has 0 spiro atoms. The van der Waals surface area contributed by atoms with Crippen molar-refractivity contribution in [3.05, 3.63) is 61.8 Å². The van der Waals surface area contributed by atoms with E-state index in [-0.39, 0.29) is 17.8 Å². The summed E-state index contributed by atoms with van der Waals surface area (Å²) in [6.07, 6.45) is 0.356. The molecule has 0 fully saturated rings. The van der Waals surface area contributed by atoms with Gasteiger partial charge in [0.1, 0.15) is 6.10 Å². The van der Waals surface area contributed by atoms with Gasteiger partial charge in [-0.05, 0) is 36.2 Å². The van der Waals surface area contributed by atoms with Crippen molar-refractivity contribution in [3.8, 4) is 0 Å². The normalized spacial score (nSPS) is 20.9. The molecule has 2 atom stereocenters. The fraction of sp³-hybridized carbons (Fsp3) is 0.412. The number of H-pyrrole nitrogens is 2. The molecule has 0 radical (unpaired) electrons. The van der Waals surface area contributed by atoms with E-state index in [1.54, 1.807) is 0 Å². The van der Waals surface area contributed by atoms with Gasteiger partial charge in [0.2, 0.25) is 0 Å². The number of fused-ring (bicyclic) bond motifs is 1. The maximum absolute atomic E-state index is 12.3. The SMILES string of the molecule is CC1Cc2[nH]c(=S)[nH]c(=O)c2C(c2ccc(C(C)C)cc2)O1. The number of rotatable bonds is 2. The van der Waals surface area contributed by atoms with Crippen LogP contribution in [0.5, 0.6) is 0 Å². The Labute approximate surface area is 134 Å². The van der Waals surface area contributed by atoms with Gasteiger partial charge < -0.3 is 9.72 Å². The topological polar surface area (TPSA) is 57.9 Å². The number of nitrogens with one attached hydrogen (secondary N) is 2. The largest absolute Gasteiger partial charge is 0.365 e. The minimum atomic E-state index is -0.351. The fourth-order valence-corrected chi connectivity index (χ4v) is 3.13. The highest BCUT2D eigenvalue weighted by Crippen LogP contribution is 2.32. The second kappa shape index (κ2) is 5.82. The Balaban J connectivity index is 2.09. The highest BCUT2D eigenvalue weighted by Gasteiger charge is 2.29. The molecule has 0 amide bonds. The first-order valence-electron chi connectivity index (χ1n) is 7.56. The van der Waals surface area contributed by atoms with E-state index in [1.807, 2.05) is 19.1 Å². The molecule has 4 nitrogen and oxygen atoms in total. The average molecular weight is 316 g/mol. The van der Waals surface area contributed by atoms with E-state index in [0.717, 1.165) is 11.3 Å². The number of ether oxygens (including phenoxy) is 1. The van der Waals surface area contributed by atoms with Gasteiger partial charge in [-0.1, -0.05) is 38.1 Å². The molecule has 0 aliphatic carbocycles. The molecule has 3 rings (SSSR count). The molecule has 0 saturated carbocycles. The third-order valence-corrected chi connectivity index (χ3v) is 4.29. The third kappa shape index (κ3) is 2.78. The molecule has 22 heavy (non-hydrogen) atoms. The summed E-state index contributed by atoms with van der Waals surface area (Å²) in [7, 11) is 0. The van der Waals surface area contributed by atoms with E-state index in [2.05, 4.69) is 35.9 Å². The monoisotopic (exact) mass is 316 g/mol. The second-order valence-corrected chi connectivity index (χ2v) is 6.56. The van der Waals surface area contributed by atoms with Crippen LogP contribution in [0.1, 0.15) is 55.2 Å². The zero-order chi connectivity index (χ0) is 15.9. The maximum Gasteiger partial charge on any atom is 0.258 e. The minimum Gasteiger partial charge on any atom is -0.365 e. The zero-order valence-electron chi connectivity index (χ0n) is 13.0. The van der Waals surface area contributed by atoms with Gasteiger partial charge >= 0.3 is 0 Å². The standard InChI is InChI=1S/C17H20N2O2S/c1-9(2)11-4-6-12(7-5-11)15-14-13(8-10(3)21-15)18-17(22)19-16(14)20/h4-7,9-10,15H,8H2,1-3H3,(H2,18,19,20,22). The molecule has 0 saturated heterocycles. The van der Waals surface area contributed by atoms with Crippen LogP contribution in [0.25, 0.3) is 0 Å². The second-order valence-electron chi connectivity index (χ2n) is 6.15. The molecule has 5 heteroatoms. The number of hydrogen-bond donors (Lipinski definition) is 2. The molecule has 116 valence electrons. The minimum absolute atomic E-state index is 0.0368. The first-order valence-corrected chi connectivity index (χ1v) is 7.97.